The predicted octanol–water partition coefficient (Wildman–Crippen LogP) is 4.29. The smallest absolute Gasteiger partial charge is 0.308 e. The Labute approximate surface area is 180 Å². The van der Waals surface area contributed by atoms with Crippen molar-refractivity contribution in [2.75, 3.05) is 11.9 Å². The summed E-state index contributed by atoms with van der Waals surface area (Å²) in [7, 11) is 0. The summed E-state index contributed by atoms with van der Waals surface area (Å²) in [4.78, 5) is 38.4. The standard InChI is InChI=1S/C25H22N2O4/c1-17(28)27-14-13-19-8-3-5-11-21(19)23(27)15-25(30)31-16-24(29)26-22-12-6-9-18-7-2-4-10-20(18)22/h2-14,23H,15-16H2,1H3,(H,26,29)/t23-/m1/s1. The minimum atomic E-state index is -0.547. The first-order valence-corrected chi connectivity index (χ1v) is 10.0. The predicted molar refractivity (Wildman–Crippen MR) is 119 cm³/mol. The average Bonchev–Trinajstić information content (AvgIpc) is 2.78. The highest BCUT2D eigenvalue weighted by Crippen LogP contribution is 2.33. The summed E-state index contributed by atoms with van der Waals surface area (Å²) in [5.41, 5.74) is 2.48. The van der Waals surface area contributed by atoms with Crippen LogP contribution in [0.2, 0.25) is 0 Å². The number of nitrogens with one attached hydrogen (secondary N) is 1. The third kappa shape index (κ3) is 4.48. The van der Waals surface area contributed by atoms with E-state index >= 15 is 0 Å². The van der Waals surface area contributed by atoms with Crippen molar-refractivity contribution in [1.29, 1.82) is 0 Å². The van der Waals surface area contributed by atoms with Gasteiger partial charge in [0.05, 0.1) is 12.5 Å². The number of rotatable bonds is 5. The van der Waals surface area contributed by atoms with Crippen molar-refractivity contribution in [3.05, 3.63) is 84.1 Å². The van der Waals surface area contributed by atoms with Gasteiger partial charge in [0.25, 0.3) is 5.91 Å². The van der Waals surface area contributed by atoms with E-state index < -0.39 is 24.5 Å². The van der Waals surface area contributed by atoms with E-state index in [2.05, 4.69) is 5.32 Å². The molecule has 31 heavy (non-hydrogen) atoms. The summed E-state index contributed by atoms with van der Waals surface area (Å²) in [5, 5.41) is 4.71. The SMILES string of the molecule is CC(=O)N1C=Cc2ccccc2[C@H]1CC(=O)OCC(=O)Nc1cccc2ccccc12. The van der Waals surface area contributed by atoms with Crippen molar-refractivity contribution in [3.8, 4) is 0 Å². The molecule has 0 saturated heterocycles. The molecule has 156 valence electrons. The molecule has 6 nitrogen and oxygen atoms in total. The number of carbonyl (C=O) groups excluding carboxylic acids is 3. The molecule has 1 N–H and O–H groups in total. The van der Waals surface area contributed by atoms with Gasteiger partial charge in [-0.05, 0) is 28.7 Å². The summed E-state index contributed by atoms with van der Waals surface area (Å²) in [6.45, 7) is 1.06. The second-order valence-electron chi connectivity index (χ2n) is 7.33. The van der Waals surface area contributed by atoms with E-state index in [1.807, 2.05) is 66.7 Å². The van der Waals surface area contributed by atoms with E-state index in [9.17, 15) is 14.4 Å². The van der Waals surface area contributed by atoms with Gasteiger partial charge in [-0.1, -0.05) is 60.7 Å². The average molecular weight is 414 g/mol. The van der Waals surface area contributed by atoms with Crippen molar-refractivity contribution in [2.45, 2.75) is 19.4 Å². The Morgan fingerprint density at radius 2 is 1.71 bits per heavy atom. The summed E-state index contributed by atoms with van der Waals surface area (Å²) in [5.74, 6) is -1.14. The van der Waals surface area contributed by atoms with E-state index in [0.717, 1.165) is 21.9 Å². The van der Waals surface area contributed by atoms with Gasteiger partial charge < -0.3 is 15.0 Å². The number of ether oxygens (including phenoxy) is 1. The molecule has 0 saturated carbocycles. The van der Waals surface area contributed by atoms with Crippen molar-refractivity contribution in [3.63, 3.8) is 0 Å². The molecule has 0 aliphatic carbocycles. The van der Waals surface area contributed by atoms with Crippen LogP contribution >= 0.6 is 0 Å². The number of carbonyl (C=O) groups is 3. The van der Waals surface area contributed by atoms with Crippen LogP contribution in [-0.2, 0) is 19.1 Å². The Kier molecular flexibility index (Phi) is 5.80. The number of nitrogens with zero attached hydrogens (tertiary/aromatic N) is 1. The fourth-order valence-corrected chi connectivity index (χ4v) is 3.80. The second-order valence-corrected chi connectivity index (χ2v) is 7.33. The lowest BCUT2D eigenvalue weighted by atomic mass is 9.94. The lowest BCUT2D eigenvalue weighted by molar-refractivity contribution is -0.149. The molecular weight excluding hydrogens is 392 g/mol. The van der Waals surface area contributed by atoms with Gasteiger partial charge in [0.2, 0.25) is 5.91 Å². The highest BCUT2D eigenvalue weighted by molar-refractivity contribution is 6.02. The van der Waals surface area contributed by atoms with Crippen LogP contribution in [0.4, 0.5) is 5.69 Å². The van der Waals surface area contributed by atoms with Gasteiger partial charge in [0.15, 0.2) is 6.61 Å². The van der Waals surface area contributed by atoms with Crippen LogP contribution in [0.15, 0.2) is 72.9 Å². The molecule has 1 aliphatic rings. The fraction of sp³-hybridized carbons (Fsp3) is 0.160. The highest BCUT2D eigenvalue weighted by atomic mass is 16.5. The summed E-state index contributed by atoms with van der Waals surface area (Å²) in [6, 6.07) is 20.4. The molecule has 0 spiro atoms. The number of anilines is 1. The molecule has 0 radical (unpaired) electrons. The third-order valence-electron chi connectivity index (χ3n) is 5.26. The molecule has 1 atom stereocenters. The number of esters is 1. The van der Waals surface area contributed by atoms with Crippen LogP contribution < -0.4 is 5.32 Å². The molecule has 1 heterocycles. The van der Waals surface area contributed by atoms with Crippen molar-refractivity contribution >= 4 is 40.3 Å². The number of benzene rings is 3. The lowest BCUT2D eigenvalue weighted by Gasteiger charge is -2.32. The minimum Gasteiger partial charge on any atom is -0.455 e. The Hall–Kier alpha value is -3.93. The van der Waals surface area contributed by atoms with Crippen LogP contribution in [0.1, 0.15) is 30.5 Å². The maximum atomic E-state index is 12.5. The fourth-order valence-electron chi connectivity index (χ4n) is 3.80. The molecule has 2 amide bonds. The molecule has 0 aromatic heterocycles. The van der Waals surface area contributed by atoms with Crippen molar-refractivity contribution in [1.82, 2.24) is 4.90 Å². The van der Waals surface area contributed by atoms with Gasteiger partial charge >= 0.3 is 5.97 Å². The largest absolute Gasteiger partial charge is 0.455 e. The van der Waals surface area contributed by atoms with Gasteiger partial charge in [-0.15, -0.1) is 0 Å². The maximum absolute atomic E-state index is 12.5. The summed E-state index contributed by atoms with van der Waals surface area (Å²) >= 11 is 0. The van der Waals surface area contributed by atoms with Gasteiger partial charge in [-0.3, -0.25) is 14.4 Å². The van der Waals surface area contributed by atoms with E-state index in [4.69, 9.17) is 4.74 Å². The Morgan fingerprint density at radius 1 is 0.968 bits per heavy atom. The van der Waals surface area contributed by atoms with E-state index in [-0.39, 0.29) is 12.3 Å². The molecule has 0 bridgehead atoms. The van der Waals surface area contributed by atoms with Gasteiger partial charge in [-0.25, -0.2) is 0 Å². The van der Waals surface area contributed by atoms with E-state index in [0.29, 0.717) is 5.69 Å². The Morgan fingerprint density at radius 3 is 2.55 bits per heavy atom. The zero-order valence-electron chi connectivity index (χ0n) is 17.1. The summed E-state index contributed by atoms with van der Waals surface area (Å²) < 4.78 is 5.22. The van der Waals surface area contributed by atoms with Crippen LogP contribution in [-0.4, -0.2) is 29.3 Å². The van der Waals surface area contributed by atoms with Crippen molar-refractivity contribution in [2.24, 2.45) is 0 Å². The number of amides is 2. The molecule has 3 aromatic rings. The maximum Gasteiger partial charge on any atom is 0.308 e. The van der Waals surface area contributed by atoms with E-state index in [1.54, 1.807) is 12.3 Å². The quantitative estimate of drug-likeness (QED) is 0.632. The first-order valence-electron chi connectivity index (χ1n) is 10.0. The molecule has 0 unspecified atom stereocenters. The van der Waals surface area contributed by atoms with Crippen LogP contribution in [0.5, 0.6) is 0 Å². The second kappa shape index (κ2) is 8.83. The van der Waals surface area contributed by atoms with Gasteiger partial charge in [0, 0.05) is 24.2 Å². The highest BCUT2D eigenvalue weighted by Gasteiger charge is 2.29. The minimum absolute atomic E-state index is 0.0392. The van der Waals surface area contributed by atoms with E-state index in [1.165, 1.54) is 11.8 Å². The number of hydrogen-bond acceptors (Lipinski definition) is 4. The topological polar surface area (TPSA) is 75.7 Å². The third-order valence-corrected chi connectivity index (χ3v) is 5.26. The first kappa shape index (κ1) is 20.3. The Balaban J connectivity index is 1.40. The number of fused-ring (bicyclic) bond motifs is 2. The normalized spacial score (nSPS) is 14.7. The zero-order valence-corrected chi connectivity index (χ0v) is 17.1. The van der Waals surface area contributed by atoms with Crippen LogP contribution in [0.25, 0.3) is 16.8 Å². The van der Waals surface area contributed by atoms with Gasteiger partial charge in [0.1, 0.15) is 0 Å². The monoisotopic (exact) mass is 414 g/mol. The summed E-state index contributed by atoms with van der Waals surface area (Å²) in [6.07, 6.45) is 3.48. The number of hydrogen-bond donors (Lipinski definition) is 1. The molecule has 1 aliphatic heterocycles. The molecular formula is C25H22N2O4. The first-order chi connectivity index (χ1) is 15.0. The van der Waals surface area contributed by atoms with Crippen LogP contribution in [0, 0.1) is 0 Å². The lowest BCUT2D eigenvalue weighted by Crippen LogP contribution is -2.33. The van der Waals surface area contributed by atoms with Crippen molar-refractivity contribution < 1.29 is 19.1 Å². The molecule has 6 heteroatoms. The molecule has 0 fully saturated rings. The molecule has 3 aromatic carbocycles. The van der Waals surface area contributed by atoms with Crippen LogP contribution in [0.3, 0.4) is 0 Å². The molecule has 4 rings (SSSR count). The zero-order chi connectivity index (χ0) is 21.8. The Bertz CT molecular complexity index is 1180. The van der Waals surface area contributed by atoms with Gasteiger partial charge in [-0.2, -0.15) is 0 Å².